The van der Waals surface area contributed by atoms with E-state index in [0.29, 0.717) is 13.2 Å². The standard InChI is InChI=1S/C17H33NO4/c1-4-6-7-8-9-10-11-13-21-16(19)14-15(3)18-17(20)22-12-5-2/h15H,4-14H2,1-3H3,(H,18,20). The Hall–Kier alpha value is -1.26. The van der Waals surface area contributed by atoms with Gasteiger partial charge in [-0.25, -0.2) is 4.79 Å². The lowest BCUT2D eigenvalue weighted by Crippen LogP contribution is -2.35. The maximum absolute atomic E-state index is 11.6. The van der Waals surface area contributed by atoms with Crippen LogP contribution >= 0.6 is 0 Å². The van der Waals surface area contributed by atoms with Crippen LogP contribution in [0.5, 0.6) is 0 Å². The molecule has 0 radical (unpaired) electrons. The van der Waals surface area contributed by atoms with E-state index in [1.54, 1.807) is 6.92 Å². The van der Waals surface area contributed by atoms with Gasteiger partial charge in [-0.2, -0.15) is 0 Å². The lowest BCUT2D eigenvalue weighted by atomic mass is 10.1. The van der Waals surface area contributed by atoms with Crippen molar-refractivity contribution in [3.05, 3.63) is 0 Å². The molecule has 0 aliphatic rings. The maximum Gasteiger partial charge on any atom is 0.407 e. The van der Waals surface area contributed by atoms with Gasteiger partial charge in [-0.05, 0) is 19.8 Å². The normalized spacial score (nSPS) is 11.8. The number of carbonyl (C=O) groups excluding carboxylic acids is 2. The number of hydrogen-bond donors (Lipinski definition) is 1. The average molecular weight is 315 g/mol. The molecular weight excluding hydrogens is 282 g/mol. The number of nitrogens with one attached hydrogen (secondary N) is 1. The van der Waals surface area contributed by atoms with Gasteiger partial charge in [0.2, 0.25) is 0 Å². The molecule has 0 saturated carbocycles. The highest BCUT2D eigenvalue weighted by atomic mass is 16.5. The summed E-state index contributed by atoms with van der Waals surface area (Å²) in [6.07, 6.45) is 8.84. The minimum Gasteiger partial charge on any atom is -0.466 e. The average Bonchev–Trinajstić information content (AvgIpc) is 2.47. The van der Waals surface area contributed by atoms with Crippen molar-refractivity contribution >= 4 is 12.1 Å². The lowest BCUT2D eigenvalue weighted by Gasteiger charge is -2.13. The summed E-state index contributed by atoms with van der Waals surface area (Å²) in [5, 5.41) is 2.61. The Balaban J connectivity index is 3.50. The van der Waals surface area contributed by atoms with Crippen molar-refractivity contribution in [1.29, 1.82) is 0 Å². The molecule has 0 fully saturated rings. The highest BCUT2D eigenvalue weighted by molar-refractivity contribution is 5.72. The summed E-state index contributed by atoms with van der Waals surface area (Å²) in [7, 11) is 0. The van der Waals surface area contributed by atoms with E-state index in [-0.39, 0.29) is 18.4 Å². The van der Waals surface area contributed by atoms with Crippen molar-refractivity contribution in [2.45, 2.75) is 84.6 Å². The second kappa shape index (κ2) is 14.7. The minimum absolute atomic E-state index is 0.178. The lowest BCUT2D eigenvalue weighted by molar-refractivity contribution is -0.144. The molecule has 0 aromatic heterocycles. The van der Waals surface area contributed by atoms with Crippen LogP contribution in [0.15, 0.2) is 0 Å². The maximum atomic E-state index is 11.6. The van der Waals surface area contributed by atoms with Crippen molar-refractivity contribution in [3.63, 3.8) is 0 Å². The molecule has 0 saturated heterocycles. The second-order valence-electron chi connectivity index (χ2n) is 5.73. The van der Waals surface area contributed by atoms with Crippen molar-refractivity contribution in [2.24, 2.45) is 0 Å². The Kier molecular flexibility index (Phi) is 13.8. The van der Waals surface area contributed by atoms with Crippen LogP contribution in [0.3, 0.4) is 0 Å². The quantitative estimate of drug-likeness (QED) is 0.409. The number of alkyl carbamates (subject to hydrolysis) is 1. The molecule has 1 N–H and O–H groups in total. The minimum atomic E-state index is -0.478. The van der Waals surface area contributed by atoms with Crippen LogP contribution in [0.1, 0.15) is 78.6 Å². The molecule has 5 heteroatoms. The zero-order valence-electron chi connectivity index (χ0n) is 14.5. The van der Waals surface area contributed by atoms with Gasteiger partial charge in [-0.1, -0.05) is 52.4 Å². The molecule has 1 atom stereocenters. The van der Waals surface area contributed by atoms with E-state index in [1.807, 2.05) is 6.92 Å². The number of carbonyl (C=O) groups is 2. The summed E-state index contributed by atoms with van der Waals surface area (Å²) in [6.45, 7) is 6.76. The highest BCUT2D eigenvalue weighted by Crippen LogP contribution is 2.07. The molecule has 0 aromatic carbocycles. The van der Waals surface area contributed by atoms with Gasteiger partial charge in [-0.3, -0.25) is 4.79 Å². The predicted octanol–water partition coefficient (Wildman–Crippen LogP) is 4.20. The molecule has 0 rings (SSSR count). The molecule has 0 aliphatic heterocycles. The Morgan fingerprint density at radius 3 is 2.14 bits per heavy atom. The van der Waals surface area contributed by atoms with Gasteiger partial charge in [0.15, 0.2) is 0 Å². The third kappa shape index (κ3) is 13.7. The Morgan fingerprint density at radius 1 is 0.864 bits per heavy atom. The molecule has 1 amide bonds. The number of unbranched alkanes of at least 4 members (excludes halogenated alkanes) is 6. The number of hydrogen-bond acceptors (Lipinski definition) is 4. The van der Waals surface area contributed by atoms with E-state index in [9.17, 15) is 9.59 Å². The van der Waals surface area contributed by atoms with Crippen molar-refractivity contribution < 1.29 is 19.1 Å². The van der Waals surface area contributed by atoms with Gasteiger partial charge in [0.1, 0.15) is 0 Å². The van der Waals surface area contributed by atoms with Crippen LogP contribution in [0.25, 0.3) is 0 Å². The summed E-state index contributed by atoms with van der Waals surface area (Å²) < 4.78 is 10.1. The molecule has 0 bridgehead atoms. The van der Waals surface area contributed by atoms with E-state index in [4.69, 9.17) is 9.47 Å². The number of esters is 1. The van der Waals surface area contributed by atoms with Crippen LogP contribution < -0.4 is 5.32 Å². The topological polar surface area (TPSA) is 64.6 Å². The van der Waals surface area contributed by atoms with Gasteiger partial charge in [0, 0.05) is 6.04 Å². The molecule has 5 nitrogen and oxygen atoms in total. The number of amides is 1. The number of ether oxygens (including phenoxy) is 2. The van der Waals surface area contributed by atoms with Gasteiger partial charge in [-0.15, -0.1) is 0 Å². The zero-order chi connectivity index (χ0) is 16.6. The van der Waals surface area contributed by atoms with Crippen molar-refractivity contribution in [1.82, 2.24) is 5.32 Å². The van der Waals surface area contributed by atoms with E-state index in [2.05, 4.69) is 12.2 Å². The van der Waals surface area contributed by atoms with E-state index >= 15 is 0 Å². The second-order valence-corrected chi connectivity index (χ2v) is 5.73. The van der Waals surface area contributed by atoms with E-state index in [1.165, 1.54) is 32.1 Å². The fraction of sp³-hybridized carbons (Fsp3) is 0.882. The van der Waals surface area contributed by atoms with Gasteiger partial charge < -0.3 is 14.8 Å². The molecule has 0 spiro atoms. The van der Waals surface area contributed by atoms with Gasteiger partial charge in [0.25, 0.3) is 0 Å². The van der Waals surface area contributed by atoms with Crippen LogP contribution in [0, 0.1) is 0 Å². The zero-order valence-corrected chi connectivity index (χ0v) is 14.5. The monoisotopic (exact) mass is 315 g/mol. The van der Waals surface area contributed by atoms with Crippen molar-refractivity contribution in [2.75, 3.05) is 13.2 Å². The molecule has 0 aliphatic carbocycles. The van der Waals surface area contributed by atoms with Crippen LogP contribution in [-0.2, 0) is 14.3 Å². The molecular formula is C17H33NO4. The molecule has 0 heterocycles. The van der Waals surface area contributed by atoms with Gasteiger partial charge in [0.05, 0.1) is 19.6 Å². The predicted molar refractivity (Wildman–Crippen MR) is 87.8 cm³/mol. The molecule has 22 heavy (non-hydrogen) atoms. The van der Waals surface area contributed by atoms with E-state index in [0.717, 1.165) is 19.3 Å². The largest absolute Gasteiger partial charge is 0.466 e. The fourth-order valence-electron chi connectivity index (χ4n) is 2.04. The first-order valence-corrected chi connectivity index (χ1v) is 8.69. The Bertz CT molecular complexity index is 294. The summed E-state index contributed by atoms with van der Waals surface area (Å²) in [6, 6.07) is -0.272. The smallest absolute Gasteiger partial charge is 0.407 e. The Morgan fingerprint density at radius 2 is 1.50 bits per heavy atom. The first-order chi connectivity index (χ1) is 10.6. The van der Waals surface area contributed by atoms with Crippen LogP contribution in [0.4, 0.5) is 4.79 Å². The first-order valence-electron chi connectivity index (χ1n) is 8.69. The summed E-state index contributed by atoms with van der Waals surface area (Å²) in [4.78, 5) is 22.9. The van der Waals surface area contributed by atoms with Crippen molar-refractivity contribution in [3.8, 4) is 0 Å². The fourth-order valence-corrected chi connectivity index (χ4v) is 2.04. The van der Waals surface area contributed by atoms with Crippen LogP contribution in [0.2, 0.25) is 0 Å². The summed E-state index contributed by atoms with van der Waals surface area (Å²) in [5.41, 5.74) is 0. The third-order valence-corrected chi connectivity index (χ3v) is 3.29. The highest BCUT2D eigenvalue weighted by Gasteiger charge is 2.13. The molecule has 130 valence electrons. The van der Waals surface area contributed by atoms with Crippen LogP contribution in [-0.4, -0.2) is 31.3 Å². The van der Waals surface area contributed by atoms with E-state index < -0.39 is 6.09 Å². The third-order valence-electron chi connectivity index (χ3n) is 3.29. The SMILES string of the molecule is CCCCCCCCCOC(=O)CC(C)NC(=O)OCCC. The number of rotatable bonds is 13. The molecule has 1 unspecified atom stereocenters. The summed E-state index contributed by atoms with van der Waals surface area (Å²) >= 11 is 0. The molecule has 0 aromatic rings. The van der Waals surface area contributed by atoms with Gasteiger partial charge >= 0.3 is 12.1 Å². The summed E-state index contributed by atoms with van der Waals surface area (Å²) in [5.74, 6) is -0.269. The Labute approximate surface area is 135 Å². The first kappa shape index (κ1) is 20.7.